The van der Waals surface area contributed by atoms with Crippen LogP contribution >= 0.6 is 0 Å². The Morgan fingerprint density at radius 1 is 1.25 bits per heavy atom. The van der Waals surface area contributed by atoms with E-state index in [9.17, 15) is 0 Å². The van der Waals surface area contributed by atoms with Gasteiger partial charge in [-0.3, -0.25) is 0 Å². The molecule has 0 aliphatic rings. The van der Waals surface area contributed by atoms with Crippen molar-refractivity contribution in [1.82, 2.24) is 0 Å². The molecule has 0 radical (unpaired) electrons. The molecule has 0 nitrogen and oxygen atoms in total. The van der Waals surface area contributed by atoms with E-state index in [2.05, 4.69) is 0 Å². The Morgan fingerprint density at radius 2 is 1.25 bits per heavy atom. The molecule has 26 valence electrons. The predicted octanol–water partition coefficient (Wildman–Crippen LogP) is 1.23. The normalized spacial score (nSPS) is 4.50. The molecule has 0 heterocycles. The van der Waals surface area contributed by atoms with Crippen LogP contribution in [0.2, 0.25) is 0 Å². The maximum absolute atomic E-state index is 2.00. The summed E-state index contributed by atoms with van der Waals surface area (Å²) in [4.78, 5) is 0. The first-order chi connectivity index (χ1) is 1.41. The van der Waals surface area contributed by atoms with Crippen LogP contribution in [0.5, 0.6) is 0 Å². The zero-order valence-corrected chi connectivity index (χ0v) is 3.95. The van der Waals surface area contributed by atoms with Gasteiger partial charge in [0.2, 0.25) is 0 Å². The van der Waals surface area contributed by atoms with Gasteiger partial charge in [0, 0.05) is 0 Å². The van der Waals surface area contributed by atoms with Gasteiger partial charge in [0.25, 0.3) is 0 Å². The number of rotatable bonds is 0. The summed E-state index contributed by atoms with van der Waals surface area (Å²) in [5, 5.41) is 0. The van der Waals surface area contributed by atoms with Crippen molar-refractivity contribution in [3.63, 3.8) is 0 Å². The monoisotopic (exact) mass is 102 g/mol. The fourth-order valence-electron chi connectivity index (χ4n) is 0. The van der Waals surface area contributed by atoms with Crippen molar-refractivity contribution in [3.05, 3.63) is 6.42 Å². The molecule has 0 spiro atoms. The Bertz CT molecular complexity index is 3.25. The summed E-state index contributed by atoms with van der Waals surface area (Å²) in [5.74, 6) is 0. The van der Waals surface area contributed by atoms with Crippen LogP contribution in [0.25, 0.3) is 0 Å². The first-order valence-corrected chi connectivity index (χ1v) is 1.15. The summed E-state index contributed by atoms with van der Waals surface area (Å²) >= 11 is 0. The summed E-state index contributed by atoms with van der Waals surface area (Å²) in [6.07, 6.45) is 2.00. The minimum absolute atomic E-state index is 0. The van der Waals surface area contributed by atoms with Gasteiger partial charge >= 0.3 is 16.8 Å². The summed E-state index contributed by atoms with van der Waals surface area (Å²) in [6.45, 7) is 4.00. The van der Waals surface area contributed by atoms with Gasteiger partial charge < -0.3 is 6.42 Å². The van der Waals surface area contributed by atoms with Gasteiger partial charge in [-0.05, 0) is 0 Å². The molecule has 0 rings (SSSR count). The Morgan fingerprint density at radius 3 is 1.25 bits per heavy atom. The van der Waals surface area contributed by atoms with E-state index in [1.807, 2.05) is 20.3 Å². The topological polar surface area (TPSA) is 0 Å². The van der Waals surface area contributed by atoms with Crippen molar-refractivity contribution in [3.8, 4) is 0 Å². The zero-order chi connectivity index (χ0) is 2.71. The van der Waals surface area contributed by atoms with Crippen LogP contribution in [0.3, 0.4) is 0 Å². The molecule has 0 aromatic rings. The quantitative estimate of drug-likeness (QED) is 0.403. The third kappa shape index (κ3) is 22.2. The first kappa shape index (κ1) is 8.82. The van der Waals surface area contributed by atoms with Gasteiger partial charge in [0.05, 0.1) is 0 Å². The van der Waals surface area contributed by atoms with E-state index in [1.165, 1.54) is 0 Å². The van der Waals surface area contributed by atoms with Gasteiger partial charge in [0.1, 0.15) is 0 Å². The molecule has 0 atom stereocenters. The van der Waals surface area contributed by atoms with E-state index in [1.54, 1.807) is 0 Å². The standard InChI is InChI=1S/C3H7.Co/c1-3-2;/h3H,1-2H3;/q-1;+3. The van der Waals surface area contributed by atoms with Crippen LogP contribution in [0, 0.1) is 6.42 Å². The molecule has 0 aliphatic heterocycles. The minimum atomic E-state index is 0. The van der Waals surface area contributed by atoms with Crippen molar-refractivity contribution >= 4 is 0 Å². The third-order valence-corrected chi connectivity index (χ3v) is 0. The van der Waals surface area contributed by atoms with Crippen molar-refractivity contribution in [2.45, 2.75) is 13.8 Å². The summed E-state index contributed by atoms with van der Waals surface area (Å²) < 4.78 is 0. The average Bonchev–Trinajstić information content (AvgIpc) is 0.918. The zero-order valence-electron chi connectivity index (χ0n) is 2.91. The summed E-state index contributed by atoms with van der Waals surface area (Å²) in [7, 11) is 0. The first-order valence-electron chi connectivity index (χ1n) is 1.15. The van der Waals surface area contributed by atoms with Crippen molar-refractivity contribution < 1.29 is 16.8 Å². The van der Waals surface area contributed by atoms with Crippen LogP contribution < -0.4 is 0 Å². The smallest absolute Gasteiger partial charge is 0.335 e. The van der Waals surface area contributed by atoms with E-state index in [-0.39, 0.29) is 16.8 Å². The average molecular weight is 102 g/mol. The molecule has 0 unspecified atom stereocenters. The molecule has 0 saturated carbocycles. The van der Waals surface area contributed by atoms with Crippen molar-refractivity contribution in [2.24, 2.45) is 0 Å². The third-order valence-electron chi connectivity index (χ3n) is 0. The van der Waals surface area contributed by atoms with E-state index in [0.29, 0.717) is 0 Å². The molecule has 0 amide bonds. The fourth-order valence-corrected chi connectivity index (χ4v) is 0. The van der Waals surface area contributed by atoms with Gasteiger partial charge in [-0.1, -0.05) is 0 Å². The predicted molar refractivity (Wildman–Crippen MR) is 15.6 cm³/mol. The second kappa shape index (κ2) is 9.71. The van der Waals surface area contributed by atoms with Crippen LogP contribution in [-0.4, -0.2) is 0 Å². The van der Waals surface area contributed by atoms with Crippen LogP contribution in [0.1, 0.15) is 13.8 Å². The molecule has 4 heavy (non-hydrogen) atoms. The molecule has 1 heteroatoms. The van der Waals surface area contributed by atoms with Gasteiger partial charge in [-0.15, -0.1) is 0 Å². The second-order valence-corrected chi connectivity index (χ2v) is 0.577. The summed E-state index contributed by atoms with van der Waals surface area (Å²) in [6, 6.07) is 0. The van der Waals surface area contributed by atoms with Gasteiger partial charge in [0.15, 0.2) is 0 Å². The van der Waals surface area contributed by atoms with Crippen LogP contribution in [0.15, 0.2) is 0 Å². The van der Waals surface area contributed by atoms with Crippen LogP contribution in [0.4, 0.5) is 0 Å². The molecule has 0 aliphatic carbocycles. The Balaban J connectivity index is 0. The van der Waals surface area contributed by atoms with E-state index in [4.69, 9.17) is 0 Å². The van der Waals surface area contributed by atoms with E-state index in [0.717, 1.165) is 0 Å². The molecule has 0 N–H and O–H groups in total. The molecule has 0 saturated heterocycles. The Labute approximate surface area is 37.8 Å². The maximum atomic E-state index is 2.00. The van der Waals surface area contributed by atoms with Gasteiger partial charge in [-0.25, -0.2) is 0 Å². The Hall–Kier alpha value is 0.506. The van der Waals surface area contributed by atoms with E-state index >= 15 is 0 Å². The maximum Gasteiger partial charge on any atom is 3.00 e. The molecule has 0 fully saturated rings. The molecular weight excluding hydrogens is 95.0 g/mol. The SMILES string of the molecule is C[CH-]C.[Co+3]. The molecule has 0 aromatic heterocycles. The van der Waals surface area contributed by atoms with Crippen molar-refractivity contribution in [1.29, 1.82) is 0 Å². The second-order valence-electron chi connectivity index (χ2n) is 0.577. The summed E-state index contributed by atoms with van der Waals surface area (Å²) in [5.41, 5.74) is 0. The fraction of sp³-hybridized carbons (Fsp3) is 0.667. The van der Waals surface area contributed by atoms with E-state index < -0.39 is 0 Å². The molecular formula is C3H7Co+2. The van der Waals surface area contributed by atoms with Crippen molar-refractivity contribution in [2.75, 3.05) is 0 Å². The minimum Gasteiger partial charge on any atom is -0.335 e. The Kier molecular flexibility index (Phi) is 21.4. The largest absolute Gasteiger partial charge is 3.00 e. The number of hydrogen-bond donors (Lipinski definition) is 0. The molecule has 0 aromatic carbocycles. The number of hydrogen-bond acceptors (Lipinski definition) is 0. The van der Waals surface area contributed by atoms with Crippen LogP contribution in [-0.2, 0) is 16.8 Å². The van der Waals surface area contributed by atoms with Gasteiger partial charge in [-0.2, -0.15) is 13.8 Å². The molecule has 0 bridgehead atoms.